The Balaban J connectivity index is 1.56. The summed E-state index contributed by atoms with van der Waals surface area (Å²) in [5.74, 6) is 0.328. The molecule has 0 spiro atoms. The Bertz CT molecular complexity index is 938. The third kappa shape index (κ3) is 5.03. The van der Waals surface area contributed by atoms with Crippen LogP contribution in [0.1, 0.15) is 56.2 Å². The van der Waals surface area contributed by atoms with Crippen LogP contribution in [0.3, 0.4) is 0 Å². The van der Waals surface area contributed by atoms with E-state index in [1.807, 2.05) is 18.2 Å². The van der Waals surface area contributed by atoms with E-state index < -0.39 is 18.1 Å². The summed E-state index contributed by atoms with van der Waals surface area (Å²) >= 11 is 1.71. The van der Waals surface area contributed by atoms with Crippen LogP contribution in [0, 0.1) is 5.92 Å². The van der Waals surface area contributed by atoms with Crippen LogP contribution in [-0.2, 0) is 20.8 Å². The van der Waals surface area contributed by atoms with E-state index in [-0.39, 0.29) is 35.1 Å². The van der Waals surface area contributed by atoms with E-state index in [9.17, 15) is 14.4 Å². The van der Waals surface area contributed by atoms with Gasteiger partial charge in [-0.2, -0.15) is 0 Å². The van der Waals surface area contributed by atoms with Crippen LogP contribution in [0.4, 0.5) is 0 Å². The van der Waals surface area contributed by atoms with Gasteiger partial charge in [0.25, 0.3) is 0 Å². The summed E-state index contributed by atoms with van der Waals surface area (Å²) in [6.07, 6.45) is 6.80. The highest BCUT2D eigenvalue weighted by atomic mass is 32.2. The van der Waals surface area contributed by atoms with Gasteiger partial charge in [0.2, 0.25) is 17.7 Å². The molecule has 34 heavy (non-hydrogen) atoms. The summed E-state index contributed by atoms with van der Waals surface area (Å²) in [6.45, 7) is 5.66. The van der Waals surface area contributed by atoms with Crippen LogP contribution in [0.2, 0.25) is 0 Å². The number of benzene rings is 1. The van der Waals surface area contributed by atoms with Crippen molar-refractivity contribution in [1.82, 2.24) is 20.9 Å². The first-order valence-electron chi connectivity index (χ1n) is 12.3. The number of nitrogens with one attached hydrogen (secondary N) is 3. The second-order valence-electron chi connectivity index (χ2n) is 9.55. The zero-order valence-corrected chi connectivity index (χ0v) is 20.9. The molecule has 184 valence electrons. The molecule has 6 atom stereocenters. The van der Waals surface area contributed by atoms with Crippen LogP contribution in [0.15, 0.2) is 36.9 Å². The molecular formula is C26H36N4O3S. The fraction of sp³-hybridized carbons (Fsp3) is 0.577. The van der Waals surface area contributed by atoms with Crippen molar-refractivity contribution in [3.63, 3.8) is 0 Å². The number of thioether (sulfide) groups is 1. The van der Waals surface area contributed by atoms with Crippen molar-refractivity contribution in [1.29, 1.82) is 0 Å². The average Bonchev–Trinajstić information content (AvgIpc) is 3.13. The zero-order valence-electron chi connectivity index (χ0n) is 20.1. The maximum atomic E-state index is 13.8. The number of allylic oxidation sites excluding steroid dienone is 1. The normalized spacial score (nSPS) is 29.4. The minimum Gasteiger partial charge on any atom is -0.347 e. The molecule has 2 saturated heterocycles. The Hall–Kier alpha value is -2.32. The molecule has 3 amide bonds. The molecule has 3 aliphatic rings. The van der Waals surface area contributed by atoms with Crippen LogP contribution >= 0.6 is 11.8 Å². The third-order valence-electron chi connectivity index (χ3n) is 7.40. The van der Waals surface area contributed by atoms with Crippen molar-refractivity contribution < 1.29 is 14.4 Å². The van der Waals surface area contributed by atoms with Gasteiger partial charge in [-0.25, -0.2) is 0 Å². The SMILES string of the molecule is C=CCC1CC2SCC[C@H](NC(=O)[C@H](C)NC)C(=O)N2C1C(=O)N[C@@H]1CCCc2ccccc21. The molecule has 3 N–H and O–H groups in total. The highest BCUT2D eigenvalue weighted by molar-refractivity contribution is 7.99. The monoisotopic (exact) mass is 484 g/mol. The maximum Gasteiger partial charge on any atom is 0.246 e. The largest absolute Gasteiger partial charge is 0.347 e. The van der Waals surface area contributed by atoms with Gasteiger partial charge in [-0.15, -0.1) is 18.3 Å². The van der Waals surface area contributed by atoms with Crippen molar-refractivity contribution in [2.75, 3.05) is 12.8 Å². The van der Waals surface area contributed by atoms with E-state index in [0.29, 0.717) is 12.8 Å². The van der Waals surface area contributed by atoms with Gasteiger partial charge in [0.1, 0.15) is 12.1 Å². The van der Waals surface area contributed by atoms with Crippen molar-refractivity contribution in [3.8, 4) is 0 Å². The molecule has 1 aliphatic carbocycles. The summed E-state index contributed by atoms with van der Waals surface area (Å²) in [5, 5.41) is 9.06. The van der Waals surface area contributed by atoms with Crippen LogP contribution < -0.4 is 16.0 Å². The number of hydrogen-bond acceptors (Lipinski definition) is 5. The predicted molar refractivity (Wildman–Crippen MR) is 135 cm³/mol. The van der Waals surface area contributed by atoms with Gasteiger partial charge in [-0.3, -0.25) is 14.4 Å². The third-order valence-corrected chi connectivity index (χ3v) is 8.67. The predicted octanol–water partition coefficient (Wildman–Crippen LogP) is 2.53. The zero-order chi connectivity index (χ0) is 24.2. The fourth-order valence-corrected chi connectivity index (χ4v) is 6.89. The molecule has 0 aromatic heterocycles. The number of carbonyl (C=O) groups is 3. The Morgan fingerprint density at radius 2 is 2.03 bits per heavy atom. The molecule has 1 aromatic rings. The molecule has 8 heteroatoms. The lowest BCUT2D eigenvalue weighted by Gasteiger charge is -2.34. The highest BCUT2D eigenvalue weighted by Crippen LogP contribution is 2.41. The van der Waals surface area contributed by atoms with Gasteiger partial charge in [0.05, 0.1) is 17.5 Å². The van der Waals surface area contributed by atoms with E-state index in [1.165, 1.54) is 11.1 Å². The molecule has 0 bridgehead atoms. The summed E-state index contributed by atoms with van der Waals surface area (Å²) in [7, 11) is 1.72. The molecule has 2 aliphatic heterocycles. The molecular weight excluding hydrogens is 448 g/mol. The van der Waals surface area contributed by atoms with E-state index in [2.05, 4.69) is 34.7 Å². The Morgan fingerprint density at radius 3 is 2.79 bits per heavy atom. The Labute approximate surface area is 206 Å². The quantitative estimate of drug-likeness (QED) is 0.518. The van der Waals surface area contributed by atoms with Crippen molar-refractivity contribution >= 4 is 29.5 Å². The Morgan fingerprint density at radius 1 is 1.24 bits per heavy atom. The molecule has 4 rings (SSSR count). The lowest BCUT2D eigenvalue weighted by atomic mass is 9.87. The molecule has 0 saturated carbocycles. The average molecular weight is 485 g/mol. The van der Waals surface area contributed by atoms with E-state index in [4.69, 9.17) is 0 Å². The van der Waals surface area contributed by atoms with Gasteiger partial charge in [0.15, 0.2) is 0 Å². The number of fused-ring (bicyclic) bond motifs is 2. The second-order valence-corrected chi connectivity index (χ2v) is 10.8. The summed E-state index contributed by atoms with van der Waals surface area (Å²) in [4.78, 5) is 41.7. The number of rotatable bonds is 7. The number of hydrogen-bond donors (Lipinski definition) is 3. The van der Waals surface area contributed by atoms with Crippen LogP contribution in [-0.4, -0.2) is 58.9 Å². The number of carbonyl (C=O) groups excluding carboxylic acids is 3. The summed E-state index contributed by atoms with van der Waals surface area (Å²) in [6, 6.07) is 6.68. The summed E-state index contributed by atoms with van der Waals surface area (Å²) in [5.41, 5.74) is 2.47. The Kier molecular flexibility index (Phi) is 7.99. The first kappa shape index (κ1) is 24.8. The highest BCUT2D eigenvalue weighted by Gasteiger charge is 2.50. The van der Waals surface area contributed by atoms with Crippen LogP contribution in [0.25, 0.3) is 0 Å². The lowest BCUT2D eigenvalue weighted by Crippen LogP contribution is -2.57. The smallest absolute Gasteiger partial charge is 0.246 e. The minimum absolute atomic E-state index is 0.0171. The number of nitrogens with zero attached hydrogens (tertiary/aromatic N) is 1. The number of amides is 3. The van der Waals surface area contributed by atoms with Gasteiger partial charge in [0, 0.05) is 0 Å². The molecule has 2 heterocycles. The van der Waals surface area contributed by atoms with Gasteiger partial charge in [-0.1, -0.05) is 30.3 Å². The second kappa shape index (κ2) is 11.0. The molecule has 2 fully saturated rings. The number of likely N-dealkylation sites (N-methyl/N-ethyl adjacent to an activating group) is 1. The topological polar surface area (TPSA) is 90.5 Å². The van der Waals surface area contributed by atoms with Crippen molar-refractivity contribution in [2.45, 2.75) is 75.0 Å². The lowest BCUT2D eigenvalue weighted by molar-refractivity contribution is -0.143. The molecule has 1 aromatic carbocycles. The summed E-state index contributed by atoms with van der Waals surface area (Å²) < 4.78 is 0. The molecule has 0 radical (unpaired) electrons. The standard InChI is InChI=1S/C26H36N4O3S/c1-4-8-18-15-22-30(26(33)21(13-14-34-22)29-24(31)16(2)27-3)23(18)25(32)28-20-12-7-10-17-9-5-6-11-19(17)20/h4-6,9,11,16,18,20-23,27H,1,7-8,10,12-15H2,2-3H3,(H,28,32)(H,29,31)/t16-,18?,20+,21-,22?,23?/m0/s1. The molecule has 3 unspecified atom stereocenters. The fourth-order valence-electron chi connectivity index (χ4n) is 5.46. The number of aryl methyl sites for hydroxylation is 1. The first-order valence-corrected chi connectivity index (χ1v) is 13.4. The van der Waals surface area contributed by atoms with E-state index in [0.717, 1.165) is 31.4 Å². The van der Waals surface area contributed by atoms with Crippen molar-refractivity contribution in [3.05, 3.63) is 48.0 Å². The molecule has 7 nitrogen and oxygen atoms in total. The van der Waals surface area contributed by atoms with Crippen LogP contribution in [0.5, 0.6) is 0 Å². The van der Waals surface area contributed by atoms with E-state index in [1.54, 1.807) is 30.6 Å². The van der Waals surface area contributed by atoms with E-state index >= 15 is 0 Å². The van der Waals surface area contributed by atoms with Gasteiger partial charge in [-0.05, 0) is 75.3 Å². The maximum absolute atomic E-state index is 13.8. The van der Waals surface area contributed by atoms with Crippen molar-refractivity contribution in [2.24, 2.45) is 5.92 Å². The first-order chi connectivity index (χ1) is 16.4. The minimum atomic E-state index is -0.617. The van der Waals surface area contributed by atoms with Gasteiger partial charge < -0.3 is 20.9 Å². The van der Waals surface area contributed by atoms with Gasteiger partial charge >= 0.3 is 0 Å².